The zero-order chi connectivity index (χ0) is 10.7. The molecule has 0 spiro atoms. The number of rotatable bonds is 3. The predicted molar refractivity (Wildman–Crippen MR) is 70.6 cm³/mol. The molecule has 0 saturated heterocycles. The van der Waals surface area contributed by atoms with Gasteiger partial charge in [-0.25, -0.2) is 0 Å². The number of halogens is 1. The zero-order valence-corrected chi connectivity index (χ0v) is 10.6. The molecule has 0 fully saturated rings. The van der Waals surface area contributed by atoms with Gasteiger partial charge in [-0.05, 0) is 40.1 Å². The number of nitrogens with two attached hydrogens (primary N) is 1. The van der Waals surface area contributed by atoms with Crippen molar-refractivity contribution in [2.75, 3.05) is 7.11 Å². The SMILES string of the molecule is COc1ccc([C@H](N)c2ccsc2)cc1.Cl. The molecule has 2 N–H and O–H groups in total. The molecule has 2 aromatic rings. The van der Waals surface area contributed by atoms with Gasteiger partial charge in [0, 0.05) is 0 Å². The first-order valence-corrected chi connectivity index (χ1v) is 5.67. The van der Waals surface area contributed by atoms with E-state index >= 15 is 0 Å². The van der Waals surface area contributed by atoms with E-state index in [9.17, 15) is 0 Å². The quantitative estimate of drug-likeness (QED) is 0.914. The first-order valence-electron chi connectivity index (χ1n) is 4.73. The average Bonchev–Trinajstić information content (AvgIpc) is 2.82. The lowest BCUT2D eigenvalue weighted by Crippen LogP contribution is -2.10. The molecule has 0 aliphatic rings. The number of thiophene rings is 1. The summed E-state index contributed by atoms with van der Waals surface area (Å²) in [6.45, 7) is 0. The summed E-state index contributed by atoms with van der Waals surface area (Å²) in [5.41, 5.74) is 8.38. The Labute approximate surface area is 105 Å². The van der Waals surface area contributed by atoms with E-state index < -0.39 is 0 Å². The molecule has 1 aromatic heterocycles. The zero-order valence-electron chi connectivity index (χ0n) is 8.92. The van der Waals surface area contributed by atoms with Crippen LogP contribution in [0.5, 0.6) is 5.75 Å². The fourth-order valence-electron chi connectivity index (χ4n) is 1.46. The van der Waals surface area contributed by atoms with Crippen LogP contribution in [0.3, 0.4) is 0 Å². The van der Waals surface area contributed by atoms with Crippen molar-refractivity contribution in [2.45, 2.75) is 6.04 Å². The Morgan fingerprint density at radius 3 is 2.31 bits per heavy atom. The molecular formula is C12H14ClNOS. The van der Waals surface area contributed by atoms with Gasteiger partial charge in [-0.15, -0.1) is 12.4 Å². The molecule has 0 radical (unpaired) electrons. The highest BCUT2D eigenvalue weighted by Crippen LogP contribution is 2.23. The van der Waals surface area contributed by atoms with Crippen molar-refractivity contribution in [3.63, 3.8) is 0 Å². The summed E-state index contributed by atoms with van der Waals surface area (Å²) in [5, 5.41) is 4.12. The summed E-state index contributed by atoms with van der Waals surface area (Å²) in [5.74, 6) is 0.858. The lowest BCUT2D eigenvalue weighted by Gasteiger charge is -2.10. The van der Waals surface area contributed by atoms with E-state index in [-0.39, 0.29) is 18.4 Å². The number of hydrogen-bond donors (Lipinski definition) is 1. The highest BCUT2D eigenvalue weighted by molar-refractivity contribution is 7.08. The summed E-state index contributed by atoms with van der Waals surface area (Å²) >= 11 is 1.67. The Balaban J connectivity index is 0.00000128. The standard InChI is InChI=1S/C12H13NOS.ClH/c1-14-11-4-2-9(3-5-11)12(13)10-6-7-15-8-10;/h2-8,12H,13H2,1H3;1H/t12-;/m0./s1. The van der Waals surface area contributed by atoms with Crippen molar-refractivity contribution < 1.29 is 4.74 Å². The smallest absolute Gasteiger partial charge is 0.118 e. The summed E-state index contributed by atoms with van der Waals surface area (Å²) in [4.78, 5) is 0. The number of methoxy groups -OCH3 is 1. The number of benzene rings is 1. The Bertz CT molecular complexity index is 413. The van der Waals surface area contributed by atoms with Gasteiger partial charge in [-0.1, -0.05) is 12.1 Å². The average molecular weight is 256 g/mol. The van der Waals surface area contributed by atoms with Crippen LogP contribution in [0.25, 0.3) is 0 Å². The summed E-state index contributed by atoms with van der Waals surface area (Å²) < 4.78 is 5.10. The largest absolute Gasteiger partial charge is 0.497 e. The van der Waals surface area contributed by atoms with Gasteiger partial charge in [0.15, 0.2) is 0 Å². The van der Waals surface area contributed by atoms with Crippen LogP contribution in [-0.2, 0) is 0 Å². The minimum absolute atomic E-state index is 0. The molecule has 1 heterocycles. The summed E-state index contributed by atoms with van der Waals surface area (Å²) in [6, 6.07) is 9.88. The fourth-order valence-corrected chi connectivity index (χ4v) is 2.15. The molecule has 16 heavy (non-hydrogen) atoms. The van der Waals surface area contributed by atoms with E-state index in [1.165, 1.54) is 0 Å². The predicted octanol–water partition coefficient (Wildman–Crippen LogP) is 3.23. The molecule has 0 saturated carbocycles. The summed E-state index contributed by atoms with van der Waals surface area (Å²) in [7, 11) is 1.66. The van der Waals surface area contributed by atoms with E-state index in [4.69, 9.17) is 10.5 Å². The van der Waals surface area contributed by atoms with Crippen molar-refractivity contribution >= 4 is 23.7 Å². The van der Waals surface area contributed by atoms with Gasteiger partial charge in [0.05, 0.1) is 13.2 Å². The van der Waals surface area contributed by atoms with E-state index in [0.29, 0.717) is 0 Å². The van der Waals surface area contributed by atoms with Crippen molar-refractivity contribution in [2.24, 2.45) is 5.73 Å². The third kappa shape index (κ3) is 2.76. The molecule has 1 aromatic carbocycles. The second-order valence-electron chi connectivity index (χ2n) is 3.31. The van der Waals surface area contributed by atoms with Crippen LogP contribution in [-0.4, -0.2) is 7.11 Å². The molecule has 1 atom stereocenters. The molecule has 2 nitrogen and oxygen atoms in total. The minimum Gasteiger partial charge on any atom is -0.497 e. The molecule has 86 valence electrons. The number of ether oxygens (including phenoxy) is 1. The van der Waals surface area contributed by atoms with Gasteiger partial charge >= 0.3 is 0 Å². The molecular weight excluding hydrogens is 242 g/mol. The lowest BCUT2D eigenvalue weighted by atomic mass is 10.0. The second-order valence-corrected chi connectivity index (χ2v) is 4.09. The number of hydrogen-bond acceptors (Lipinski definition) is 3. The Morgan fingerprint density at radius 1 is 1.12 bits per heavy atom. The van der Waals surface area contributed by atoms with E-state index in [2.05, 4.69) is 11.4 Å². The van der Waals surface area contributed by atoms with Crippen LogP contribution in [0.2, 0.25) is 0 Å². The highest BCUT2D eigenvalue weighted by Gasteiger charge is 2.08. The first kappa shape index (κ1) is 13.0. The Morgan fingerprint density at radius 2 is 1.81 bits per heavy atom. The summed E-state index contributed by atoms with van der Waals surface area (Å²) in [6.07, 6.45) is 0. The normalized spacial score (nSPS) is 11.6. The topological polar surface area (TPSA) is 35.2 Å². The molecule has 2 rings (SSSR count). The van der Waals surface area contributed by atoms with E-state index in [1.807, 2.05) is 29.6 Å². The third-order valence-corrected chi connectivity index (χ3v) is 3.08. The van der Waals surface area contributed by atoms with Crippen molar-refractivity contribution in [3.8, 4) is 5.75 Å². The van der Waals surface area contributed by atoms with Crippen molar-refractivity contribution in [1.29, 1.82) is 0 Å². The van der Waals surface area contributed by atoms with E-state index in [0.717, 1.165) is 16.9 Å². The van der Waals surface area contributed by atoms with Crippen LogP contribution < -0.4 is 10.5 Å². The second kappa shape index (κ2) is 5.89. The maximum Gasteiger partial charge on any atom is 0.118 e. The van der Waals surface area contributed by atoms with Gasteiger partial charge in [0.25, 0.3) is 0 Å². The molecule has 0 amide bonds. The molecule has 0 aliphatic heterocycles. The Kier molecular flexibility index (Phi) is 4.80. The van der Waals surface area contributed by atoms with Crippen LogP contribution in [0.1, 0.15) is 17.2 Å². The first-order chi connectivity index (χ1) is 7.31. The fraction of sp³-hybridized carbons (Fsp3) is 0.167. The van der Waals surface area contributed by atoms with Crippen LogP contribution in [0.15, 0.2) is 41.1 Å². The monoisotopic (exact) mass is 255 g/mol. The molecule has 0 bridgehead atoms. The Hall–Kier alpha value is -1.03. The van der Waals surface area contributed by atoms with Gasteiger partial charge in [-0.3, -0.25) is 0 Å². The lowest BCUT2D eigenvalue weighted by molar-refractivity contribution is 0.414. The van der Waals surface area contributed by atoms with Gasteiger partial charge in [-0.2, -0.15) is 11.3 Å². The van der Waals surface area contributed by atoms with Crippen molar-refractivity contribution in [1.82, 2.24) is 0 Å². The molecule has 4 heteroatoms. The van der Waals surface area contributed by atoms with Crippen molar-refractivity contribution in [3.05, 3.63) is 52.2 Å². The van der Waals surface area contributed by atoms with Crippen LogP contribution in [0.4, 0.5) is 0 Å². The van der Waals surface area contributed by atoms with Crippen LogP contribution in [0, 0.1) is 0 Å². The van der Waals surface area contributed by atoms with Crippen LogP contribution >= 0.6 is 23.7 Å². The van der Waals surface area contributed by atoms with E-state index in [1.54, 1.807) is 18.4 Å². The molecule has 0 aliphatic carbocycles. The van der Waals surface area contributed by atoms with Gasteiger partial charge in [0.2, 0.25) is 0 Å². The molecule has 0 unspecified atom stereocenters. The maximum atomic E-state index is 6.12. The maximum absolute atomic E-state index is 6.12. The highest BCUT2D eigenvalue weighted by atomic mass is 35.5. The minimum atomic E-state index is -0.0397. The van der Waals surface area contributed by atoms with Gasteiger partial charge in [0.1, 0.15) is 5.75 Å². The van der Waals surface area contributed by atoms with Gasteiger partial charge < -0.3 is 10.5 Å². The third-order valence-electron chi connectivity index (χ3n) is 2.38.